The van der Waals surface area contributed by atoms with Crippen molar-refractivity contribution in [1.82, 2.24) is 9.80 Å². The quantitative estimate of drug-likeness (QED) is 0.590. The van der Waals surface area contributed by atoms with Crippen LogP contribution >= 0.6 is 0 Å². The molecule has 0 radical (unpaired) electrons. The monoisotopic (exact) mass is 314 g/mol. The van der Waals surface area contributed by atoms with Gasteiger partial charge >= 0.3 is 0 Å². The van der Waals surface area contributed by atoms with Gasteiger partial charge in [0.1, 0.15) is 11.8 Å². The highest BCUT2D eigenvalue weighted by Gasteiger charge is 2.25. The largest absolute Gasteiger partial charge is 0.496 e. The van der Waals surface area contributed by atoms with Crippen molar-refractivity contribution < 1.29 is 4.74 Å². The number of benzene rings is 1. The average molecular weight is 314 g/mol. The van der Waals surface area contributed by atoms with Crippen molar-refractivity contribution in [2.75, 3.05) is 39.8 Å². The standard InChI is InChI=1S/C20H30N2O/c1-4-6-7-8-12-19(18-11-9-10-13-20(18)23-3)22-16-14-21(5-2)15-17-22/h9-11,13,19H,4-7,14-17H2,1-3H3. The van der Waals surface area contributed by atoms with Gasteiger partial charge in [-0.15, -0.1) is 5.92 Å². The van der Waals surface area contributed by atoms with Crippen LogP contribution in [0.1, 0.15) is 44.7 Å². The second-order valence-electron chi connectivity index (χ2n) is 6.04. The van der Waals surface area contributed by atoms with E-state index in [1.54, 1.807) is 7.11 Å². The smallest absolute Gasteiger partial charge is 0.124 e. The maximum absolute atomic E-state index is 5.58. The van der Waals surface area contributed by atoms with E-state index in [4.69, 9.17) is 4.74 Å². The minimum absolute atomic E-state index is 0.141. The predicted octanol–water partition coefficient (Wildman–Crippen LogP) is 3.57. The molecule has 3 nitrogen and oxygen atoms in total. The van der Waals surface area contributed by atoms with Crippen molar-refractivity contribution in [3.05, 3.63) is 29.8 Å². The Morgan fingerprint density at radius 1 is 1.13 bits per heavy atom. The Labute approximate surface area is 141 Å². The summed E-state index contributed by atoms with van der Waals surface area (Å²) in [6.45, 7) is 9.96. The van der Waals surface area contributed by atoms with Crippen LogP contribution in [0.15, 0.2) is 24.3 Å². The fourth-order valence-electron chi connectivity index (χ4n) is 3.03. The first-order valence-electron chi connectivity index (χ1n) is 8.87. The van der Waals surface area contributed by atoms with Gasteiger partial charge in [0.2, 0.25) is 0 Å². The Hall–Kier alpha value is -1.50. The molecule has 0 saturated carbocycles. The van der Waals surface area contributed by atoms with Gasteiger partial charge in [0.15, 0.2) is 0 Å². The number of nitrogens with zero attached hydrogens (tertiary/aromatic N) is 2. The second-order valence-corrected chi connectivity index (χ2v) is 6.04. The second kappa shape index (κ2) is 9.60. The molecule has 2 rings (SSSR count). The summed E-state index contributed by atoms with van der Waals surface area (Å²) in [4.78, 5) is 5.00. The normalized spacial score (nSPS) is 17.3. The molecule has 1 atom stereocenters. The number of likely N-dealkylation sites (N-methyl/N-ethyl adjacent to an activating group) is 1. The first kappa shape index (κ1) is 17.8. The zero-order chi connectivity index (χ0) is 16.5. The molecule has 0 aliphatic carbocycles. The summed E-state index contributed by atoms with van der Waals surface area (Å²) in [5.41, 5.74) is 1.20. The van der Waals surface area contributed by atoms with Gasteiger partial charge in [0, 0.05) is 38.2 Å². The molecule has 0 spiro atoms. The molecule has 1 aromatic rings. The van der Waals surface area contributed by atoms with Crippen LogP contribution in [-0.2, 0) is 0 Å². The maximum Gasteiger partial charge on any atom is 0.124 e. The minimum Gasteiger partial charge on any atom is -0.496 e. The highest BCUT2D eigenvalue weighted by Crippen LogP contribution is 2.29. The Morgan fingerprint density at radius 3 is 2.52 bits per heavy atom. The van der Waals surface area contributed by atoms with Crippen LogP contribution in [0.25, 0.3) is 0 Å². The van der Waals surface area contributed by atoms with Crippen molar-refractivity contribution in [3.8, 4) is 17.6 Å². The Morgan fingerprint density at radius 2 is 1.87 bits per heavy atom. The first-order chi connectivity index (χ1) is 11.3. The van der Waals surface area contributed by atoms with Crippen LogP contribution in [0, 0.1) is 11.8 Å². The van der Waals surface area contributed by atoms with Crippen molar-refractivity contribution in [2.24, 2.45) is 0 Å². The number of methoxy groups -OCH3 is 1. The number of para-hydroxylation sites is 1. The molecule has 1 aliphatic heterocycles. The van der Waals surface area contributed by atoms with Gasteiger partial charge in [-0.3, -0.25) is 4.90 Å². The minimum atomic E-state index is 0.141. The molecule has 0 amide bonds. The first-order valence-corrected chi connectivity index (χ1v) is 8.87. The molecule has 3 heteroatoms. The lowest BCUT2D eigenvalue weighted by Gasteiger charge is -2.37. The average Bonchev–Trinajstić information content (AvgIpc) is 2.62. The summed E-state index contributed by atoms with van der Waals surface area (Å²) in [6.07, 6.45) is 3.36. The lowest BCUT2D eigenvalue weighted by molar-refractivity contribution is 0.118. The van der Waals surface area contributed by atoms with Gasteiger partial charge in [-0.05, 0) is 19.0 Å². The molecule has 126 valence electrons. The van der Waals surface area contributed by atoms with E-state index >= 15 is 0 Å². The highest BCUT2D eigenvalue weighted by molar-refractivity contribution is 5.40. The summed E-state index contributed by atoms with van der Waals surface area (Å²) < 4.78 is 5.58. The topological polar surface area (TPSA) is 15.7 Å². The molecule has 0 N–H and O–H groups in total. The molecule has 0 bridgehead atoms. The molecule has 23 heavy (non-hydrogen) atoms. The van der Waals surface area contributed by atoms with E-state index in [1.807, 2.05) is 12.1 Å². The Bertz CT molecular complexity index is 524. The Kier molecular flexibility index (Phi) is 7.45. The summed E-state index contributed by atoms with van der Waals surface area (Å²) in [6, 6.07) is 8.45. The third-order valence-corrected chi connectivity index (χ3v) is 4.55. The van der Waals surface area contributed by atoms with E-state index in [0.717, 1.165) is 44.9 Å². The van der Waals surface area contributed by atoms with E-state index in [0.29, 0.717) is 0 Å². The van der Waals surface area contributed by atoms with E-state index < -0.39 is 0 Å². The SMILES string of the molecule is CCCCC#CC(c1ccccc1OC)N1CCN(CC)CC1. The van der Waals surface area contributed by atoms with Gasteiger partial charge in [0.05, 0.1) is 7.11 Å². The summed E-state index contributed by atoms with van der Waals surface area (Å²) in [5.74, 6) is 7.87. The van der Waals surface area contributed by atoms with Crippen LogP contribution in [0.5, 0.6) is 5.75 Å². The summed E-state index contributed by atoms with van der Waals surface area (Å²) in [7, 11) is 1.75. The Balaban J connectivity index is 2.19. The molecular formula is C20H30N2O. The number of unbranched alkanes of at least 4 members (excludes halogenated alkanes) is 2. The highest BCUT2D eigenvalue weighted by atomic mass is 16.5. The molecule has 1 saturated heterocycles. The zero-order valence-corrected chi connectivity index (χ0v) is 14.8. The molecule has 1 aliphatic rings. The van der Waals surface area contributed by atoms with Crippen LogP contribution in [0.3, 0.4) is 0 Å². The van der Waals surface area contributed by atoms with E-state index in [-0.39, 0.29) is 6.04 Å². The van der Waals surface area contributed by atoms with Gasteiger partial charge in [-0.1, -0.05) is 44.4 Å². The van der Waals surface area contributed by atoms with Crippen molar-refractivity contribution in [2.45, 2.75) is 39.2 Å². The van der Waals surface area contributed by atoms with E-state index in [9.17, 15) is 0 Å². The lowest BCUT2D eigenvalue weighted by atomic mass is 10.0. The maximum atomic E-state index is 5.58. The van der Waals surface area contributed by atoms with Crippen molar-refractivity contribution in [1.29, 1.82) is 0 Å². The number of hydrogen-bond acceptors (Lipinski definition) is 3. The zero-order valence-electron chi connectivity index (χ0n) is 14.8. The molecular weight excluding hydrogens is 284 g/mol. The van der Waals surface area contributed by atoms with Crippen LogP contribution in [0.4, 0.5) is 0 Å². The van der Waals surface area contributed by atoms with Gasteiger partial charge in [0.25, 0.3) is 0 Å². The lowest BCUT2D eigenvalue weighted by Crippen LogP contribution is -2.47. The fourth-order valence-corrected chi connectivity index (χ4v) is 3.03. The number of hydrogen-bond donors (Lipinski definition) is 0. The number of piperazine rings is 1. The van der Waals surface area contributed by atoms with E-state index in [1.165, 1.54) is 18.4 Å². The summed E-state index contributed by atoms with van der Waals surface area (Å²) in [5, 5.41) is 0. The molecule has 0 aromatic heterocycles. The van der Waals surface area contributed by atoms with Gasteiger partial charge in [-0.25, -0.2) is 0 Å². The fraction of sp³-hybridized carbons (Fsp3) is 0.600. The van der Waals surface area contributed by atoms with E-state index in [2.05, 4.69) is 47.6 Å². The van der Waals surface area contributed by atoms with Gasteiger partial charge in [-0.2, -0.15) is 0 Å². The molecule has 1 unspecified atom stereocenters. The molecule has 1 fully saturated rings. The van der Waals surface area contributed by atoms with Crippen molar-refractivity contribution >= 4 is 0 Å². The van der Waals surface area contributed by atoms with Crippen molar-refractivity contribution in [3.63, 3.8) is 0 Å². The molecule has 1 heterocycles. The van der Waals surface area contributed by atoms with Crippen LogP contribution in [0.2, 0.25) is 0 Å². The van der Waals surface area contributed by atoms with Crippen LogP contribution in [-0.4, -0.2) is 49.6 Å². The van der Waals surface area contributed by atoms with Crippen LogP contribution < -0.4 is 4.74 Å². The third kappa shape index (κ3) is 4.99. The number of rotatable bonds is 6. The number of ether oxygens (including phenoxy) is 1. The third-order valence-electron chi connectivity index (χ3n) is 4.55. The molecule has 1 aromatic carbocycles. The van der Waals surface area contributed by atoms with Gasteiger partial charge < -0.3 is 9.64 Å². The summed E-state index contributed by atoms with van der Waals surface area (Å²) >= 11 is 0. The predicted molar refractivity (Wildman–Crippen MR) is 96.7 cm³/mol.